The number of benzene rings is 1. The van der Waals surface area contributed by atoms with Gasteiger partial charge >= 0.3 is 0 Å². The van der Waals surface area contributed by atoms with Crippen LogP contribution < -0.4 is 0 Å². The van der Waals surface area contributed by atoms with Crippen LogP contribution in [0.25, 0.3) is 0 Å². The Balaban J connectivity index is 2.20. The van der Waals surface area contributed by atoms with Gasteiger partial charge in [0.05, 0.1) is 6.10 Å². The van der Waals surface area contributed by atoms with Crippen molar-refractivity contribution in [3.05, 3.63) is 35.4 Å². The summed E-state index contributed by atoms with van der Waals surface area (Å²) < 4.78 is 5.72. The van der Waals surface area contributed by atoms with Gasteiger partial charge in [-0.2, -0.15) is 0 Å². The highest BCUT2D eigenvalue weighted by molar-refractivity contribution is 5.35. The molecular weight excluding hydrogens is 200 g/mol. The molecule has 1 aliphatic rings. The molecule has 1 aromatic rings. The van der Waals surface area contributed by atoms with Gasteiger partial charge in [0.25, 0.3) is 0 Å². The Kier molecular flexibility index (Phi) is 3.62. The summed E-state index contributed by atoms with van der Waals surface area (Å²) in [6.45, 7) is 5.02. The first-order valence-electron chi connectivity index (χ1n) is 6.12. The third-order valence-electron chi connectivity index (χ3n) is 3.32. The first kappa shape index (κ1) is 11.6. The summed E-state index contributed by atoms with van der Waals surface area (Å²) in [6, 6.07) is 8.14. The van der Waals surface area contributed by atoms with Gasteiger partial charge in [0.15, 0.2) is 0 Å². The molecule has 0 amide bonds. The fourth-order valence-corrected chi connectivity index (χ4v) is 2.46. The van der Waals surface area contributed by atoms with Gasteiger partial charge in [-0.3, -0.25) is 0 Å². The second kappa shape index (κ2) is 4.98. The van der Waals surface area contributed by atoms with Crippen LogP contribution in [0.5, 0.6) is 0 Å². The Bertz CT molecular complexity index is 348. The van der Waals surface area contributed by atoms with Crippen molar-refractivity contribution < 1.29 is 9.84 Å². The molecule has 0 heterocycles. The predicted molar refractivity (Wildman–Crippen MR) is 64.5 cm³/mol. The van der Waals surface area contributed by atoms with Crippen molar-refractivity contribution in [3.63, 3.8) is 0 Å². The highest BCUT2D eigenvalue weighted by Crippen LogP contribution is 2.38. The quantitative estimate of drug-likeness (QED) is 0.848. The second-order valence-corrected chi connectivity index (χ2v) is 4.62. The molecule has 1 aliphatic carbocycles. The van der Waals surface area contributed by atoms with E-state index in [4.69, 9.17) is 4.74 Å². The summed E-state index contributed by atoms with van der Waals surface area (Å²) >= 11 is 0. The summed E-state index contributed by atoms with van der Waals surface area (Å²) in [7, 11) is 0. The SMILES string of the molecule is CCCOC1CC(C)c2ccccc2C1O. The molecule has 3 unspecified atom stereocenters. The number of ether oxygens (including phenoxy) is 1. The zero-order valence-electron chi connectivity index (χ0n) is 10.0. The normalized spacial score (nSPS) is 28.8. The maximum absolute atomic E-state index is 10.2. The molecule has 88 valence electrons. The maximum Gasteiger partial charge on any atom is 0.105 e. The number of rotatable bonds is 3. The number of fused-ring (bicyclic) bond motifs is 1. The lowest BCUT2D eigenvalue weighted by molar-refractivity contribution is -0.0519. The summed E-state index contributed by atoms with van der Waals surface area (Å²) in [6.07, 6.45) is 1.42. The highest BCUT2D eigenvalue weighted by Gasteiger charge is 2.31. The lowest BCUT2D eigenvalue weighted by atomic mass is 9.80. The van der Waals surface area contributed by atoms with E-state index < -0.39 is 6.10 Å². The van der Waals surface area contributed by atoms with E-state index in [-0.39, 0.29) is 6.10 Å². The Morgan fingerprint density at radius 2 is 2.00 bits per heavy atom. The van der Waals surface area contributed by atoms with E-state index in [0.717, 1.165) is 25.0 Å². The molecule has 0 aromatic heterocycles. The van der Waals surface area contributed by atoms with Gasteiger partial charge in [0, 0.05) is 6.61 Å². The minimum Gasteiger partial charge on any atom is -0.386 e. The monoisotopic (exact) mass is 220 g/mol. The smallest absolute Gasteiger partial charge is 0.105 e. The highest BCUT2D eigenvalue weighted by atomic mass is 16.5. The molecule has 0 bridgehead atoms. The average molecular weight is 220 g/mol. The van der Waals surface area contributed by atoms with Crippen molar-refractivity contribution in [2.75, 3.05) is 6.61 Å². The van der Waals surface area contributed by atoms with E-state index in [0.29, 0.717) is 5.92 Å². The molecule has 1 aromatic carbocycles. The van der Waals surface area contributed by atoms with Crippen LogP contribution in [0.2, 0.25) is 0 Å². The van der Waals surface area contributed by atoms with Crippen molar-refractivity contribution in [2.45, 2.75) is 44.8 Å². The third kappa shape index (κ3) is 2.13. The zero-order valence-corrected chi connectivity index (χ0v) is 10.0. The Hall–Kier alpha value is -0.860. The van der Waals surface area contributed by atoms with E-state index in [1.165, 1.54) is 5.56 Å². The number of aliphatic hydroxyl groups excluding tert-OH is 1. The van der Waals surface area contributed by atoms with Crippen molar-refractivity contribution >= 4 is 0 Å². The van der Waals surface area contributed by atoms with E-state index >= 15 is 0 Å². The van der Waals surface area contributed by atoms with Crippen molar-refractivity contribution in [2.24, 2.45) is 0 Å². The topological polar surface area (TPSA) is 29.5 Å². The molecule has 0 saturated carbocycles. The largest absolute Gasteiger partial charge is 0.386 e. The molecule has 1 N–H and O–H groups in total. The number of hydrogen-bond acceptors (Lipinski definition) is 2. The van der Waals surface area contributed by atoms with E-state index in [1.807, 2.05) is 18.2 Å². The Morgan fingerprint density at radius 1 is 1.31 bits per heavy atom. The summed E-state index contributed by atoms with van der Waals surface area (Å²) in [5, 5.41) is 10.2. The molecular formula is C14H20O2. The maximum atomic E-state index is 10.2. The first-order valence-corrected chi connectivity index (χ1v) is 6.12. The Morgan fingerprint density at radius 3 is 2.69 bits per heavy atom. The lowest BCUT2D eigenvalue weighted by Gasteiger charge is -2.33. The fourth-order valence-electron chi connectivity index (χ4n) is 2.46. The van der Waals surface area contributed by atoms with Crippen molar-refractivity contribution in [1.29, 1.82) is 0 Å². The molecule has 2 nitrogen and oxygen atoms in total. The number of hydrogen-bond donors (Lipinski definition) is 1. The summed E-state index contributed by atoms with van der Waals surface area (Å²) in [5.41, 5.74) is 2.31. The standard InChI is InChI=1S/C14H20O2/c1-3-8-16-13-9-10(2)11-6-4-5-7-12(11)14(13)15/h4-7,10,13-15H,3,8-9H2,1-2H3. The molecule has 2 heteroatoms. The predicted octanol–water partition coefficient (Wildman–Crippen LogP) is 3.02. The summed E-state index contributed by atoms with van der Waals surface area (Å²) in [4.78, 5) is 0. The van der Waals surface area contributed by atoms with E-state index in [2.05, 4.69) is 19.9 Å². The van der Waals surface area contributed by atoms with Crippen molar-refractivity contribution in [1.82, 2.24) is 0 Å². The minimum absolute atomic E-state index is 0.0372. The zero-order chi connectivity index (χ0) is 11.5. The first-order chi connectivity index (χ1) is 7.74. The van der Waals surface area contributed by atoms with Gasteiger partial charge in [-0.25, -0.2) is 0 Å². The summed E-state index contributed by atoms with van der Waals surface area (Å²) in [5.74, 6) is 0.474. The van der Waals surface area contributed by atoms with Crippen LogP contribution in [0.4, 0.5) is 0 Å². The van der Waals surface area contributed by atoms with Gasteiger partial charge in [0.2, 0.25) is 0 Å². The third-order valence-corrected chi connectivity index (χ3v) is 3.32. The molecule has 0 aliphatic heterocycles. The van der Waals surface area contributed by atoms with E-state index in [1.54, 1.807) is 0 Å². The van der Waals surface area contributed by atoms with Crippen LogP contribution in [0, 0.1) is 0 Å². The van der Waals surface area contributed by atoms with Crippen LogP contribution in [0.15, 0.2) is 24.3 Å². The van der Waals surface area contributed by atoms with Crippen LogP contribution in [0.3, 0.4) is 0 Å². The van der Waals surface area contributed by atoms with Crippen LogP contribution in [0.1, 0.15) is 49.8 Å². The fraction of sp³-hybridized carbons (Fsp3) is 0.571. The molecule has 0 fully saturated rings. The molecule has 16 heavy (non-hydrogen) atoms. The average Bonchev–Trinajstić information content (AvgIpc) is 2.32. The molecule has 0 saturated heterocycles. The van der Waals surface area contributed by atoms with Crippen molar-refractivity contribution in [3.8, 4) is 0 Å². The molecule has 2 rings (SSSR count). The van der Waals surface area contributed by atoms with Gasteiger partial charge in [-0.15, -0.1) is 0 Å². The number of aliphatic hydroxyl groups is 1. The van der Waals surface area contributed by atoms with Crippen LogP contribution >= 0.6 is 0 Å². The molecule has 0 radical (unpaired) electrons. The second-order valence-electron chi connectivity index (χ2n) is 4.62. The van der Waals surface area contributed by atoms with Gasteiger partial charge < -0.3 is 9.84 Å². The van der Waals surface area contributed by atoms with Gasteiger partial charge in [-0.1, -0.05) is 38.1 Å². The lowest BCUT2D eigenvalue weighted by Crippen LogP contribution is -2.30. The van der Waals surface area contributed by atoms with Gasteiger partial charge in [0.1, 0.15) is 6.10 Å². The van der Waals surface area contributed by atoms with Crippen LogP contribution in [-0.4, -0.2) is 17.8 Å². The Labute approximate surface area is 97.3 Å². The van der Waals surface area contributed by atoms with Gasteiger partial charge in [-0.05, 0) is 29.9 Å². The van der Waals surface area contributed by atoms with E-state index in [9.17, 15) is 5.11 Å². The molecule has 3 atom stereocenters. The van der Waals surface area contributed by atoms with Crippen LogP contribution in [-0.2, 0) is 4.74 Å². The molecule has 0 spiro atoms. The minimum atomic E-state index is -0.459.